The molecule has 2 atom stereocenters. The third-order valence-electron chi connectivity index (χ3n) is 3.52. The van der Waals surface area contributed by atoms with Crippen molar-refractivity contribution in [2.75, 3.05) is 12.4 Å². The molecule has 0 heterocycles. The second-order valence-electron chi connectivity index (χ2n) is 4.90. The van der Waals surface area contributed by atoms with E-state index in [2.05, 4.69) is 24.4 Å². The van der Waals surface area contributed by atoms with Crippen molar-refractivity contribution in [1.29, 1.82) is 0 Å². The van der Waals surface area contributed by atoms with Crippen LogP contribution in [0.15, 0.2) is 18.2 Å². The Morgan fingerprint density at radius 2 is 2.06 bits per heavy atom. The third-order valence-corrected chi connectivity index (χ3v) is 3.52. The normalized spacial score (nSPS) is 24.4. The quantitative estimate of drug-likeness (QED) is 0.845. The first-order valence-corrected chi connectivity index (χ1v) is 6.37. The molecule has 0 spiro atoms. The SMILES string of the molecule is COc1ccc(C)cc1NC1CCCCC1N. The van der Waals surface area contributed by atoms with E-state index in [0.29, 0.717) is 6.04 Å². The summed E-state index contributed by atoms with van der Waals surface area (Å²) in [7, 11) is 1.71. The highest BCUT2D eigenvalue weighted by Gasteiger charge is 2.22. The highest BCUT2D eigenvalue weighted by atomic mass is 16.5. The van der Waals surface area contributed by atoms with Gasteiger partial charge >= 0.3 is 0 Å². The van der Waals surface area contributed by atoms with E-state index in [1.54, 1.807) is 7.11 Å². The zero-order chi connectivity index (χ0) is 12.3. The predicted octanol–water partition coefficient (Wildman–Crippen LogP) is 2.69. The summed E-state index contributed by atoms with van der Waals surface area (Å²) in [4.78, 5) is 0. The van der Waals surface area contributed by atoms with Crippen LogP contribution in [-0.2, 0) is 0 Å². The zero-order valence-electron chi connectivity index (χ0n) is 10.7. The lowest BCUT2D eigenvalue weighted by atomic mass is 9.91. The van der Waals surface area contributed by atoms with E-state index in [1.165, 1.54) is 18.4 Å². The molecular weight excluding hydrogens is 212 g/mol. The molecule has 3 heteroatoms. The second-order valence-corrected chi connectivity index (χ2v) is 4.90. The molecule has 0 bridgehead atoms. The Balaban J connectivity index is 2.13. The van der Waals surface area contributed by atoms with Crippen molar-refractivity contribution in [3.05, 3.63) is 23.8 Å². The molecule has 1 aliphatic carbocycles. The Labute approximate surface area is 103 Å². The summed E-state index contributed by atoms with van der Waals surface area (Å²) in [5.74, 6) is 0.897. The number of hydrogen-bond donors (Lipinski definition) is 2. The molecule has 1 aliphatic rings. The predicted molar refractivity (Wildman–Crippen MR) is 71.6 cm³/mol. The van der Waals surface area contributed by atoms with Crippen LogP contribution in [-0.4, -0.2) is 19.2 Å². The molecule has 2 rings (SSSR count). The van der Waals surface area contributed by atoms with Crippen molar-refractivity contribution in [1.82, 2.24) is 0 Å². The standard InChI is InChI=1S/C14H22N2O/c1-10-7-8-14(17-2)13(9-10)16-12-6-4-3-5-11(12)15/h7-9,11-12,16H,3-6,15H2,1-2H3. The van der Waals surface area contributed by atoms with Gasteiger partial charge in [0, 0.05) is 12.1 Å². The molecule has 94 valence electrons. The fourth-order valence-corrected chi connectivity index (χ4v) is 2.47. The Kier molecular flexibility index (Phi) is 3.89. The Morgan fingerprint density at radius 3 is 2.76 bits per heavy atom. The highest BCUT2D eigenvalue weighted by Crippen LogP contribution is 2.28. The first-order valence-electron chi connectivity index (χ1n) is 6.37. The summed E-state index contributed by atoms with van der Waals surface area (Å²) in [6.07, 6.45) is 4.79. The van der Waals surface area contributed by atoms with E-state index < -0.39 is 0 Å². The molecule has 0 aromatic heterocycles. The fourth-order valence-electron chi connectivity index (χ4n) is 2.47. The van der Waals surface area contributed by atoms with Gasteiger partial charge in [-0.05, 0) is 37.5 Å². The number of nitrogens with one attached hydrogen (secondary N) is 1. The van der Waals surface area contributed by atoms with E-state index in [0.717, 1.165) is 24.3 Å². The average molecular weight is 234 g/mol. The van der Waals surface area contributed by atoms with Crippen LogP contribution < -0.4 is 15.8 Å². The van der Waals surface area contributed by atoms with Crippen LogP contribution in [0.3, 0.4) is 0 Å². The van der Waals surface area contributed by atoms with Gasteiger partial charge in [-0.15, -0.1) is 0 Å². The van der Waals surface area contributed by atoms with Crippen molar-refractivity contribution in [3.8, 4) is 5.75 Å². The molecule has 0 radical (unpaired) electrons. The van der Waals surface area contributed by atoms with Crippen LogP contribution >= 0.6 is 0 Å². The van der Waals surface area contributed by atoms with Gasteiger partial charge in [0.25, 0.3) is 0 Å². The minimum absolute atomic E-state index is 0.258. The molecule has 1 fully saturated rings. The maximum absolute atomic E-state index is 6.15. The number of ether oxygens (including phenoxy) is 1. The van der Waals surface area contributed by atoms with Crippen LogP contribution in [0, 0.1) is 6.92 Å². The molecule has 17 heavy (non-hydrogen) atoms. The lowest BCUT2D eigenvalue weighted by Gasteiger charge is -2.30. The van der Waals surface area contributed by atoms with Crippen molar-refractivity contribution >= 4 is 5.69 Å². The zero-order valence-corrected chi connectivity index (χ0v) is 10.7. The van der Waals surface area contributed by atoms with E-state index in [9.17, 15) is 0 Å². The molecule has 3 N–H and O–H groups in total. The van der Waals surface area contributed by atoms with E-state index >= 15 is 0 Å². The van der Waals surface area contributed by atoms with Gasteiger partial charge in [0.05, 0.1) is 12.8 Å². The molecule has 1 aromatic rings. The van der Waals surface area contributed by atoms with Crippen LogP contribution in [0.5, 0.6) is 5.75 Å². The summed E-state index contributed by atoms with van der Waals surface area (Å²) in [5.41, 5.74) is 8.45. The van der Waals surface area contributed by atoms with Crippen LogP contribution in [0.25, 0.3) is 0 Å². The maximum atomic E-state index is 6.15. The van der Waals surface area contributed by atoms with E-state index in [4.69, 9.17) is 10.5 Å². The van der Waals surface area contributed by atoms with Gasteiger partial charge in [-0.3, -0.25) is 0 Å². The fraction of sp³-hybridized carbons (Fsp3) is 0.571. The molecular formula is C14H22N2O. The number of hydrogen-bond acceptors (Lipinski definition) is 3. The van der Waals surface area contributed by atoms with Gasteiger partial charge in [0.2, 0.25) is 0 Å². The Hall–Kier alpha value is -1.22. The summed E-state index contributed by atoms with van der Waals surface area (Å²) < 4.78 is 5.37. The number of methoxy groups -OCH3 is 1. The highest BCUT2D eigenvalue weighted by molar-refractivity contribution is 5.58. The monoisotopic (exact) mass is 234 g/mol. The number of anilines is 1. The van der Waals surface area contributed by atoms with Crippen LogP contribution in [0.2, 0.25) is 0 Å². The largest absolute Gasteiger partial charge is 0.495 e. The molecule has 3 nitrogen and oxygen atoms in total. The van der Waals surface area contributed by atoms with Crippen molar-refractivity contribution in [2.45, 2.75) is 44.7 Å². The topological polar surface area (TPSA) is 47.3 Å². The van der Waals surface area contributed by atoms with Crippen LogP contribution in [0.1, 0.15) is 31.2 Å². The van der Waals surface area contributed by atoms with Gasteiger partial charge in [-0.2, -0.15) is 0 Å². The summed E-state index contributed by atoms with van der Waals surface area (Å²) in [6.45, 7) is 2.09. The molecule has 0 saturated heterocycles. The molecule has 2 unspecified atom stereocenters. The summed E-state index contributed by atoms with van der Waals surface area (Å²) in [6, 6.07) is 6.82. The first kappa shape index (κ1) is 12.2. The third kappa shape index (κ3) is 2.91. The van der Waals surface area contributed by atoms with Crippen molar-refractivity contribution in [2.24, 2.45) is 5.73 Å². The Morgan fingerprint density at radius 1 is 1.29 bits per heavy atom. The number of nitrogens with two attached hydrogens (primary N) is 1. The molecule has 0 amide bonds. The van der Waals surface area contributed by atoms with Gasteiger partial charge in [0.15, 0.2) is 0 Å². The van der Waals surface area contributed by atoms with Gasteiger partial charge in [0.1, 0.15) is 5.75 Å². The molecule has 1 saturated carbocycles. The van der Waals surface area contributed by atoms with E-state index in [1.807, 2.05) is 6.07 Å². The molecule has 1 aromatic carbocycles. The lowest BCUT2D eigenvalue weighted by molar-refractivity contribution is 0.396. The van der Waals surface area contributed by atoms with Gasteiger partial charge < -0.3 is 15.8 Å². The van der Waals surface area contributed by atoms with Crippen molar-refractivity contribution in [3.63, 3.8) is 0 Å². The lowest BCUT2D eigenvalue weighted by Crippen LogP contribution is -2.42. The summed E-state index contributed by atoms with van der Waals surface area (Å²) >= 11 is 0. The minimum Gasteiger partial charge on any atom is -0.495 e. The first-order chi connectivity index (χ1) is 8.20. The van der Waals surface area contributed by atoms with E-state index in [-0.39, 0.29) is 6.04 Å². The number of benzene rings is 1. The summed E-state index contributed by atoms with van der Waals surface area (Å²) in [5, 5.41) is 3.54. The molecule has 0 aliphatic heterocycles. The average Bonchev–Trinajstić information content (AvgIpc) is 2.32. The number of rotatable bonds is 3. The smallest absolute Gasteiger partial charge is 0.141 e. The van der Waals surface area contributed by atoms with Gasteiger partial charge in [-0.25, -0.2) is 0 Å². The van der Waals surface area contributed by atoms with Gasteiger partial charge in [-0.1, -0.05) is 18.9 Å². The Bertz CT molecular complexity index is 378. The van der Waals surface area contributed by atoms with Crippen molar-refractivity contribution < 1.29 is 4.74 Å². The number of aryl methyl sites for hydroxylation is 1. The second kappa shape index (κ2) is 5.41. The van der Waals surface area contributed by atoms with Crippen LogP contribution in [0.4, 0.5) is 5.69 Å². The maximum Gasteiger partial charge on any atom is 0.141 e. The minimum atomic E-state index is 0.258.